The molecule has 26 heavy (non-hydrogen) atoms. The molecule has 0 bridgehead atoms. The van der Waals surface area contributed by atoms with Crippen molar-refractivity contribution >= 4 is 28.4 Å². The zero-order chi connectivity index (χ0) is 19.0. The van der Waals surface area contributed by atoms with Crippen LogP contribution in [0.15, 0.2) is 26.7 Å². The molecule has 0 radical (unpaired) electrons. The summed E-state index contributed by atoms with van der Waals surface area (Å²) in [5.41, 5.74) is -0.492. The number of fused-ring (bicyclic) bond motifs is 1. The van der Waals surface area contributed by atoms with Crippen LogP contribution in [0.25, 0.3) is 0 Å². The fourth-order valence-corrected chi connectivity index (χ4v) is 3.77. The molecule has 10 heteroatoms. The van der Waals surface area contributed by atoms with E-state index in [4.69, 9.17) is 21.1 Å². The van der Waals surface area contributed by atoms with Crippen molar-refractivity contribution < 1.29 is 14.6 Å². The SMILES string of the molecule is CN=C(SCc1cc2c(cc1Cl)OCO2)c1c(O)n(C)c(=O)n(C)c1=O. The zero-order valence-electron chi connectivity index (χ0n) is 14.3. The minimum Gasteiger partial charge on any atom is -0.494 e. The Morgan fingerprint density at radius 2 is 1.92 bits per heavy atom. The van der Waals surface area contributed by atoms with Crippen LogP contribution >= 0.6 is 23.4 Å². The Labute approximate surface area is 157 Å². The Balaban J connectivity index is 1.94. The maximum absolute atomic E-state index is 12.4. The first-order valence-corrected chi connectivity index (χ1v) is 8.88. The van der Waals surface area contributed by atoms with Crippen LogP contribution in [0, 0.1) is 0 Å². The summed E-state index contributed by atoms with van der Waals surface area (Å²) in [6.45, 7) is 0.145. The summed E-state index contributed by atoms with van der Waals surface area (Å²) >= 11 is 7.48. The first-order chi connectivity index (χ1) is 12.3. The van der Waals surface area contributed by atoms with E-state index in [0.717, 1.165) is 14.7 Å². The molecule has 0 saturated heterocycles. The van der Waals surface area contributed by atoms with Crippen LogP contribution in [0.1, 0.15) is 11.1 Å². The molecular weight excluding hydrogens is 382 g/mol. The number of benzene rings is 1. The molecule has 3 rings (SSSR count). The van der Waals surface area contributed by atoms with E-state index in [2.05, 4.69) is 4.99 Å². The molecule has 0 fully saturated rings. The molecule has 0 unspecified atom stereocenters. The summed E-state index contributed by atoms with van der Waals surface area (Å²) in [6, 6.07) is 3.44. The Morgan fingerprint density at radius 1 is 1.27 bits per heavy atom. The van der Waals surface area contributed by atoms with Gasteiger partial charge in [-0.1, -0.05) is 11.6 Å². The lowest BCUT2D eigenvalue weighted by Crippen LogP contribution is -2.39. The number of rotatable bonds is 3. The highest BCUT2D eigenvalue weighted by molar-refractivity contribution is 8.13. The second-order valence-corrected chi connectivity index (χ2v) is 6.89. The quantitative estimate of drug-likeness (QED) is 0.622. The van der Waals surface area contributed by atoms with E-state index in [1.165, 1.54) is 32.9 Å². The molecule has 0 amide bonds. The number of halogens is 1. The third-order valence-corrected chi connectivity index (χ3v) is 5.42. The molecule has 0 aliphatic carbocycles. The third kappa shape index (κ3) is 3.08. The Morgan fingerprint density at radius 3 is 2.58 bits per heavy atom. The van der Waals surface area contributed by atoms with Gasteiger partial charge in [0, 0.05) is 38.0 Å². The van der Waals surface area contributed by atoms with Gasteiger partial charge in [0.15, 0.2) is 11.5 Å². The number of ether oxygens (including phenoxy) is 2. The van der Waals surface area contributed by atoms with Gasteiger partial charge in [-0.05, 0) is 11.6 Å². The molecule has 0 atom stereocenters. The lowest BCUT2D eigenvalue weighted by molar-refractivity contribution is 0.174. The summed E-state index contributed by atoms with van der Waals surface area (Å²) in [4.78, 5) is 28.4. The van der Waals surface area contributed by atoms with Crippen molar-refractivity contribution in [2.24, 2.45) is 19.1 Å². The van der Waals surface area contributed by atoms with Crippen LogP contribution in [-0.4, -0.2) is 33.1 Å². The van der Waals surface area contributed by atoms with Crippen LogP contribution in [0.2, 0.25) is 5.02 Å². The van der Waals surface area contributed by atoms with Crippen molar-refractivity contribution in [3.63, 3.8) is 0 Å². The van der Waals surface area contributed by atoms with Crippen LogP contribution in [0.4, 0.5) is 0 Å². The normalized spacial score (nSPS) is 13.3. The van der Waals surface area contributed by atoms with Gasteiger partial charge in [0.25, 0.3) is 5.56 Å². The highest BCUT2D eigenvalue weighted by atomic mass is 35.5. The number of aromatic hydroxyl groups is 1. The van der Waals surface area contributed by atoms with Crippen molar-refractivity contribution in [3.8, 4) is 17.4 Å². The van der Waals surface area contributed by atoms with Crippen LogP contribution in [0.5, 0.6) is 17.4 Å². The van der Waals surface area contributed by atoms with Crippen molar-refractivity contribution in [2.45, 2.75) is 5.75 Å². The summed E-state index contributed by atoms with van der Waals surface area (Å²) in [5, 5.41) is 11.1. The number of hydrogen-bond donors (Lipinski definition) is 1. The second-order valence-electron chi connectivity index (χ2n) is 5.52. The first kappa shape index (κ1) is 18.4. The second kappa shape index (κ2) is 7.08. The summed E-state index contributed by atoms with van der Waals surface area (Å²) in [6.07, 6.45) is 0. The van der Waals surface area contributed by atoms with E-state index in [-0.39, 0.29) is 12.4 Å². The molecule has 1 aliphatic rings. The summed E-state index contributed by atoms with van der Waals surface area (Å²) in [7, 11) is 4.24. The highest BCUT2D eigenvalue weighted by Crippen LogP contribution is 2.38. The van der Waals surface area contributed by atoms with Crippen LogP contribution in [0.3, 0.4) is 0 Å². The molecule has 138 valence electrons. The molecule has 8 nitrogen and oxygen atoms in total. The maximum Gasteiger partial charge on any atom is 0.333 e. The van der Waals surface area contributed by atoms with Crippen molar-refractivity contribution in [3.05, 3.63) is 49.1 Å². The van der Waals surface area contributed by atoms with Gasteiger partial charge in [0.1, 0.15) is 10.6 Å². The highest BCUT2D eigenvalue weighted by Gasteiger charge is 2.22. The Bertz CT molecular complexity index is 1030. The van der Waals surface area contributed by atoms with E-state index >= 15 is 0 Å². The number of aliphatic imine (C=N–C) groups is 1. The number of hydrogen-bond acceptors (Lipinski definition) is 7. The van der Waals surface area contributed by atoms with E-state index < -0.39 is 17.1 Å². The largest absolute Gasteiger partial charge is 0.494 e. The fraction of sp³-hybridized carbons (Fsp3) is 0.312. The smallest absolute Gasteiger partial charge is 0.333 e. The lowest BCUT2D eigenvalue weighted by Gasteiger charge is -2.12. The topological polar surface area (TPSA) is 95.0 Å². The summed E-state index contributed by atoms with van der Waals surface area (Å²) in [5.74, 6) is 1.13. The average molecular weight is 398 g/mol. The fourth-order valence-electron chi connectivity index (χ4n) is 2.49. The Hall–Kier alpha value is -2.39. The Kier molecular flexibility index (Phi) is 5.01. The third-order valence-electron chi connectivity index (χ3n) is 3.96. The number of aromatic nitrogens is 2. The molecule has 1 aromatic carbocycles. The van der Waals surface area contributed by atoms with E-state index in [9.17, 15) is 14.7 Å². The standard InChI is InChI=1S/C16H16ClN3O5S/c1-18-13(12-14(21)19(2)16(23)20(3)15(12)22)26-6-8-4-10-11(5-9(8)17)25-7-24-10/h4-5,21H,6-7H2,1-3H3. The average Bonchev–Trinajstić information content (AvgIpc) is 3.08. The van der Waals surface area contributed by atoms with Gasteiger partial charge < -0.3 is 14.6 Å². The molecule has 2 aromatic rings. The summed E-state index contributed by atoms with van der Waals surface area (Å²) < 4.78 is 12.5. The molecular formula is C16H16ClN3O5S. The monoisotopic (exact) mass is 397 g/mol. The predicted octanol–water partition coefficient (Wildman–Crippen LogP) is 1.48. The van der Waals surface area contributed by atoms with Crippen LogP contribution < -0.4 is 20.7 Å². The molecule has 1 aliphatic heterocycles. The predicted molar refractivity (Wildman–Crippen MR) is 99.9 cm³/mol. The number of thioether (sulfide) groups is 1. The lowest BCUT2D eigenvalue weighted by atomic mass is 10.2. The first-order valence-electron chi connectivity index (χ1n) is 7.52. The maximum atomic E-state index is 12.4. The van der Waals surface area contributed by atoms with Gasteiger partial charge in [0.05, 0.1) is 0 Å². The van der Waals surface area contributed by atoms with Crippen molar-refractivity contribution in [1.29, 1.82) is 0 Å². The molecule has 1 N–H and O–H groups in total. The molecule has 1 aromatic heterocycles. The molecule has 0 saturated carbocycles. The minimum atomic E-state index is -0.615. The number of nitrogens with zero attached hydrogens (tertiary/aromatic N) is 3. The van der Waals surface area contributed by atoms with Crippen molar-refractivity contribution in [2.75, 3.05) is 13.8 Å². The zero-order valence-corrected chi connectivity index (χ0v) is 15.8. The van der Waals surface area contributed by atoms with E-state index in [1.807, 2.05) is 0 Å². The van der Waals surface area contributed by atoms with Crippen molar-refractivity contribution in [1.82, 2.24) is 9.13 Å². The molecule has 2 heterocycles. The van der Waals surface area contributed by atoms with Gasteiger partial charge in [-0.3, -0.25) is 18.9 Å². The van der Waals surface area contributed by atoms with Gasteiger partial charge in [-0.2, -0.15) is 0 Å². The molecule has 0 spiro atoms. The van der Waals surface area contributed by atoms with E-state index in [1.54, 1.807) is 12.1 Å². The van der Waals surface area contributed by atoms with Crippen LogP contribution in [-0.2, 0) is 19.8 Å². The minimum absolute atomic E-state index is 0.0287. The van der Waals surface area contributed by atoms with Gasteiger partial charge in [-0.15, -0.1) is 11.8 Å². The van der Waals surface area contributed by atoms with Gasteiger partial charge in [-0.25, -0.2) is 4.79 Å². The van der Waals surface area contributed by atoms with Gasteiger partial charge >= 0.3 is 5.69 Å². The van der Waals surface area contributed by atoms with Gasteiger partial charge in [0.2, 0.25) is 12.7 Å². The van der Waals surface area contributed by atoms with E-state index in [0.29, 0.717) is 27.3 Å².